The average Bonchev–Trinajstić information content (AvgIpc) is 2.69. The van der Waals surface area contributed by atoms with Gasteiger partial charge in [0.1, 0.15) is 11.9 Å². The van der Waals surface area contributed by atoms with Crippen molar-refractivity contribution >= 4 is 23.1 Å². The molecular weight excluding hydrogens is 336 g/mol. The summed E-state index contributed by atoms with van der Waals surface area (Å²) < 4.78 is 0. The number of nitriles is 1. The van der Waals surface area contributed by atoms with Crippen molar-refractivity contribution in [3.8, 4) is 6.07 Å². The molecule has 0 aliphatic carbocycles. The van der Waals surface area contributed by atoms with E-state index in [0.29, 0.717) is 29.2 Å². The molecular formula is C22H20N4O. The number of rotatable bonds is 5. The molecule has 0 fully saturated rings. The topological polar surface area (TPSA) is 69.0 Å². The van der Waals surface area contributed by atoms with Crippen molar-refractivity contribution in [3.05, 3.63) is 83.6 Å². The Balaban J connectivity index is 1.88. The molecule has 0 aliphatic rings. The predicted octanol–water partition coefficient (Wildman–Crippen LogP) is 4.67. The van der Waals surface area contributed by atoms with Crippen LogP contribution in [0.1, 0.15) is 28.4 Å². The van der Waals surface area contributed by atoms with Gasteiger partial charge in [-0.2, -0.15) is 5.26 Å². The lowest BCUT2D eigenvalue weighted by Gasteiger charge is -2.22. The van der Waals surface area contributed by atoms with Gasteiger partial charge in [-0.25, -0.2) is 4.98 Å². The lowest BCUT2D eigenvalue weighted by Crippen LogP contribution is -2.30. The van der Waals surface area contributed by atoms with Gasteiger partial charge in [0.2, 0.25) is 0 Å². The van der Waals surface area contributed by atoms with Crippen LogP contribution in [0.5, 0.6) is 0 Å². The van der Waals surface area contributed by atoms with Gasteiger partial charge in [0.05, 0.1) is 11.3 Å². The minimum Gasteiger partial charge on any atom is -0.339 e. The number of nitrogens with zero attached hydrogens (tertiary/aromatic N) is 3. The zero-order valence-corrected chi connectivity index (χ0v) is 15.3. The lowest BCUT2D eigenvalue weighted by atomic mass is 10.1. The van der Waals surface area contributed by atoms with Crippen LogP contribution in [0, 0.1) is 18.3 Å². The first-order valence-corrected chi connectivity index (χ1v) is 8.73. The summed E-state index contributed by atoms with van der Waals surface area (Å²) in [4.78, 5) is 19.0. The third-order valence-electron chi connectivity index (χ3n) is 4.19. The molecule has 2 aromatic carbocycles. The van der Waals surface area contributed by atoms with Crippen LogP contribution in [-0.4, -0.2) is 17.4 Å². The average molecular weight is 356 g/mol. The van der Waals surface area contributed by atoms with E-state index in [2.05, 4.69) is 16.4 Å². The number of anilines is 3. The first-order chi connectivity index (χ1) is 13.1. The fourth-order valence-electron chi connectivity index (χ4n) is 2.85. The van der Waals surface area contributed by atoms with Crippen LogP contribution in [0.2, 0.25) is 0 Å². The van der Waals surface area contributed by atoms with Crippen LogP contribution in [0.15, 0.2) is 66.9 Å². The van der Waals surface area contributed by atoms with Gasteiger partial charge in [0.25, 0.3) is 5.91 Å². The summed E-state index contributed by atoms with van der Waals surface area (Å²) in [6.45, 7) is 4.51. The summed E-state index contributed by atoms with van der Waals surface area (Å²) in [7, 11) is 0. The highest BCUT2D eigenvalue weighted by atomic mass is 16.2. The highest BCUT2D eigenvalue weighted by Crippen LogP contribution is 2.22. The van der Waals surface area contributed by atoms with Crippen LogP contribution >= 0.6 is 0 Å². The largest absolute Gasteiger partial charge is 0.339 e. The number of hydrogen-bond acceptors (Lipinski definition) is 4. The Morgan fingerprint density at radius 2 is 1.96 bits per heavy atom. The van der Waals surface area contributed by atoms with E-state index in [-0.39, 0.29) is 5.91 Å². The number of hydrogen-bond donors (Lipinski definition) is 1. The zero-order valence-electron chi connectivity index (χ0n) is 15.3. The second kappa shape index (κ2) is 8.15. The normalized spacial score (nSPS) is 10.1. The summed E-state index contributed by atoms with van der Waals surface area (Å²) in [5.74, 6) is 0.422. The van der Waals surface area contributed by atoms with Gasteiger partial charge in [0, 0.05) is 24.0 Å². The Morgan fingerprint density at radius 1 is 1.15 bits per heavy atom. The molecule has 1 amide bonds. The van der Waals surface area contributed by atoms with E-state index in [9.17, 15) is 10.1 Å². The first kappa shape index (κ1) is 18.2. The SMILES string of the molecule is CCN(C(=O)c1ccnc(Nc2ccccc2C#N)c1)c1cccc(C)c1. The van der Waals surface area contributed by atoms with Gasteiger partial charge in [-0.05, 0) is 55.8 Å². The highest BCUT2D eigenvalue weighted by molar-refractivity contribution is 6.06. The van der Waals surface area contributed by atoms with E-state index in [1.54, 1.807) is 41.4 Å². The van der Waals surface area contributed by atoms with Crippen molar-refractivity contribution in [1.29, 1.82) is 5.26 Å². The minimum atomic E-state index is -0.0953. The van der Waals surface area contributed by atoms with E-state index >= 15 is 0 Å². The standard InChI is InChI=1S/C22H20N4O/c1-3-26(19-9-6-7-16(2)13-19)22(27)17-11-12-24-21(14-17)25-20-10-5-4-8-18(20)15-23/h4-14H,3H2,1-2H3,(H,24,25). The van der Waals surface area contributed by atoms with Gasteiger partial charge in [-0.3, -0.25) is 4.79 Å². The Labute approximate surface area is 158 Å². The molecule has 0 bridgehead atoms. The van der Waals surface area contributed by atoms with Crippen LogP contribution in [-0.2, 0) is 0 Å². The van der Waals surface area contributed by atoms with E-state index < -0.39 is 0 Å². The Bertz CT molecular complexity index is 1010. The summed E-state index contributed by atoms with van der Waals surface area (Å²) in [5, 5.41) is 12.3. The maximum atomic E-state index is 13.0. The summed E-state index contributed by atoms with van der Waals surface area (Å²) in [5.41, 5.74) is 3.67. The predicted molar refractivity (Wildman–Crippen MR) is 107 cm³/mol. The molecule has 3 aromatic rings. The molecule has 5 nitrogen and oxygen atoms in total. The maximum absolute atomic E-state index is 13.0. The molecule has 0 atom stereocenters. The molecule has 27 heavy (non-hydrogen) atoms. The fourth-order valence-corrected chi connectivity index (χ4v) is 2.85. The number of para-hydroxylation sites is 1. The number of pyridine rings is 1. The second-order valence-electron chi connectivity index (χ2n) is 6.10. The third kappa shape index (κ3) is 4.13. The minimum absolute atomic E-state index is 0.0953. The number of carbonyl (C=O) groups is 1. The van der Waals surface area contributed by atoms with Gasteiger partial charge < -0.3 is 10.2 Å². The van der Waals surface area contributed by atoms with Gasteiger partial charge >= 0.3 is 0 Å². The number of amides is 1. The highest BCUT2D eigenvalue weighted by Gasteiger charge is 2.17. The van der Waals surface area contributed by atoms with E-state index in [1.165, 1.54) is 0 Å². The van der Waals surface area contributed by atoms with E-state index in [0.717, 1.165) is 11.3 Å². The van der Waals surface area contributed by atoms with Crippen LogP contribution in [0.4, 0.5) is 17.2 Å². The van der Waals surface area contributed by atoms with Crippen LogP contribution < -0.4 is 10.2 Å². The van der Waals surface area contributed by atoms with Gasteiger partial charge in [-0.15, -0.1) is 0 Å². The number of carbonyl (C=O) groups excluding carboxylic acids is 1. The molecule has 0 aliphatic heterocycles. The Morgan fingerprint density at radius 3 is 2.70 bits per heavy atom. The second-order valence-corrected chi connectivity index (χ2v) is 6.10. The van der Waals surface area contributed by atoms with E-state index in [4.69, 9.17) is 0 Å². The van der Waals surface area contributed by atoms with Crippen molar-refractivity contribution in [1.82, 2.24) is 4.98 Å². The number of aromatic nitrogens is 1. The molecule has 0 spiro atoms. The first-order valence-electron chi connectivity index (χ1n) is 8.73. The van der Waals surface area contributed by atoms with Crippen molar-refractivity contribution < 1.29 is 4.79 Å². The molecule has 1 N–H and O–H groups in total. The number of benzene rings is 2. The van der Waals surface area contributed by atoms with Crippen molar-refractivity contribution in [2.75, 3.05) is 16.8 Å². The van der Waals surface area contributed by atoms with E-state index in [1.807, 2.05) is 44.2 Å². The fraction of sp³-hybridized carbons (Fsp3) is 0.136. The van der Waals surface area contributed by atoms with Crippen LogP contribution in [0.3, 0.4) is 0 Å². The number of aryl methyl sites for hydroxylation is 1. The Hall–Kier alpha value is -3.65. The van der Waals surface area contributed by atoms with Crippen LogP contribution in [0.25, 0.3) is 0 Å². The molecule has 3 rings (SSSR count). The van der Waals surface area contributed by atoms with Gasteiger partial charge in [-0.1, -0.05) is 24.3 Å². The zero-order chi connectivity index (χ0) is 19.2. The summed E-state index contributed by atoms with van der Waals surface area (Å²) in [6, 6.07) is 20.6. The molecule has 0 saturated heterocycles. The molecule has 1 aromatic heterocycles. The molecule has 0 saturated carbocycles. The molecule has 0 radical (unpaired) electrons. The van der Waals surface area contributed by atoms with Crippen molar-refractivity contribution in [3.63, 3.8) is 0 Å². The monoisotopic (exact) mass is 356 g/mol. The Kier molecular flexibility index (Phi) is 5.48. The molecule has 5 heteroatoms. The lowest BCUT2D eigenvalue weighted by molar-refractivity contribution is 0.0988. The number of nitrogens with one attached hydrogen (secondary N) is 1. The maximum Gasteiger partial charge on any atom is 0.258 e. The molecule has 134 valence electrons. The van der Waals surface area contributed by atoms with Gasteiger partial charge in [0.15, 0.2) is 0 Å². The molecule has 0 unspecified atom stereocenters. The van der Waals surface area contributed by atoms with Crippen molar-refractivity contribution in [2.45, 2.75) is 13.8 Å². The summed E-state index contributed by atoms with van der Waals surface area (Å²) in [6.07, 6.45) is 1.59. The quantitative estimate of drug-likeness (QED) is 0.721. The van der Waals surface area contributed by atoms with Crippen molar-refractivity contribution in [2.24, 2.45) is 0 Å². The third-order valence-corrected chi connectivity index (χ3v) is 4.19. The summed E-state index contributed by atoms with van der Waals surface area (Å²) >= 11 is 0. The smallest absolute Gasteiger partial charge is 0.258 e. The molecule has 1 heterocycles.